The third-order valence-electron chi connectivity index (χ3n) is 6.01. The Balaban J connectivity index is 2.03. The van der Waals surface area contributed by atoms with Gasteiger partial charge < -0.3 is 10.6 Å². The Labute approximate surface area is 159 Å². The highest BCUT2D eigenvalue weighted by atomic mass is 16.2. The van der Waals surface area contributed by atoms with E-state index in [0.29, 0.717) is 41.8 Å². The number of aromatic nitrogens is 2. The maximum Gasteiger partial charge on any atom is 0.332 e. The van der Waals surface area contributed by atoms with Gasteiger partial charge in [-0.05, 0) is 18.9 Å². The van der Waals surface area contributed by atoms with Crippen LogP contribution < -0.4 is 21.9 Å². The predicted octanol–water partition coefficient (Wildman–Crippen LogP) is 0.755. The van der Waals surface area contributed by atoms with Crippen LogP contribution in [0, 0.1) is 0 Å². The molecule has 1 spiro atoms. The molecule has 1 aromatic carbocycles. The van der Waals surface area contributed by atoms with Crippen LogP contribution in [0.5, 0.6) is 0 Å². The van der Waals surface area contributed by atoms with Crippen LogP contribution in [-0.4, -0.2) is 20.8 Å². The number of rotatable bonds is 0. The topological polar surface area (TPSA) is 102 Å². The first-order valence-electron chi connectivity index (χ1n) is 9.14. The molecule has 1 aromatic heterocycles. The molecule has 0 saturated heterocycles. The number of ketones is 1. The highest BCUT2D eigenvalue weighted by Gasteiger charge is 2.59. The van der Waals surface area contributed by atoms with Crippen LogP contribution in [-0.2, 0) is 29.1 Å². The molecule has 0 radical (unpaired) electrons. The Morgan fingerprint density at radius 1 is 0.964 bits per heavy atom. The first-order chi connectivity index (χ1) is 13.4. The summed E-state index contributed by atoms with van der Waals surface area (Å²) in [6.45, 7) is 0. The Hall–Kier alpha value is -3.42. The van der Waals surface area contributed by atoms with Gasteiger partial charge in [-0.2, -0.15) is 0 Å². The van der Waals surface area contributed by atoms with Crippen LogP contribution in [0.2, 0.25) is 0 Å². The Kier molecular flexibility index (Phi) is 3.17. The van der Waals surface area contributed by atoms with Gasteiger partial charge >= 0.3 is 5.69 Å². The van der Waals surface area contributed by atoms with Crippen molar-refractivity contribution in [3.63, 3.8) is 0 Å². The molecule has 1 aliphatic carbocycles. The number of allylic oxidation sites excluding steroid dienone is 1. The second-order valence-corrected chi connectivity index (χ2v) is 7.43. The first kappa shape index (κ1) is 16.7. The van der Waals surface area contributed by atoms with Crippen molar-refractivity contribution >= 4 is 23.2 Å². The Morgan fingerprint density at radius 2 is 1.71 bits per heavy atom. The number of hydrogen-bond acceptors (Lipinski definition) is 5. The predicted molar refractivity (Wildman–Crippen MR) is 102 cm³/mol. The van der Waals surface area contributed by atoms with Crippen molar-refractivity contribution < 1.29 is 9.59 Å². The number of nitrogens with one attached hydrogen (secondary N) is 2. The molecule has 3 heterocycles. The summed E-state index contributed by atoms with van der Waals surface area (Å²) in [5.74, 6) is -0.314. The molecular weight excluding hydrogens is 360 g/mol. The average Bonchev–Trinajstić information content (AvgIpc) is 2.97. The van der Waals surface area contributed by atoms with E-state index in [2.05, 4.69) is 10.6 Å². The number of carbonyl (C=O) groups is 2. The van der Waals surface area contributed by atoms with E-state index in [1.165, 1.54) is 11.6 Å². The van der Waals surface area contributed by atoms with E-state index in [4.69, 9.17) is 0 Å². The largest absolute Gasteiger partial charge is 0.344 e. The second-order valence-electron chi connectivity index (χ2n) is 7.43. The van der Waals surface area contributed by atoms with E-state index in [9.17, 15) is 19.2 Å². The lowest BCUT2D eigenvalue weighted by molar-refractivity contribution is -0.122. The highest BCUT2D eigenvalue weighted by molar-refractivity contribution is 6.19. The molecule has 0 fully saturated rings. The number of hydrogen-bond donors (Lipinski definition) is 2. The summed E-state index contributed by atoms with van der Waals surface area (Å²) >= 11 is 0. The Bertz CT molecular complexity index is 1250. The molecule has 2 N–H and O–H groups in total. The molecule has 1 atom stereocenters. The molecular formula is C20H18N4O4. The molecule has 2 aliphatic heterocycles. The number of nitrogens with zero attached hydrogens (tertiary/aromatic N) is 2. The van der Waals surface area contributed by atoms with Crippen LogP contribution in [0.3, 0.4) is 0 Å². The summed E-state index contributed by atoms with van der Waals surface area (Å²) in [6, 6.07) is 7.09. The Morgan fingerprint density at radius 3 is 2.50 bits per heavy atom. The van der Waals surface area contributed by atoms with Gasteiger partial charge in [0.05, 0.1) is 5.56 Å². The average molecular weight is 378 g/mol. The molecule has 1 amide bonds. The standard InChI is InChI=1S/C20H18N4O4/c1-23-16-15(17(26)24(2)19(23)28)20(14-12(21-16)8-5-9-13(14)25)10-6-3-4-7-11(10)22-18(20)27/h3-4,6-7,21H,5,8-9H2,1-2H3,(H,22,27). The second kappa shape index (κ2) is 5.31. The molecule has 3 aliphatic rings. The minimum absolute atomic E-state index is 0.119. The van der Waals surface area contributed by atoms with E-state index in [-0.39, 0.29) is 17.2 Å². The molecule has 28 heavy (non-hydrogen) atoms. The van der Waals surface area contributed by atoms with Crippen LogP contribution >= 0.6 is 0 Å². The summed E-state index contributed by atoms with van der Waals surface area (Å²) in [6.07, 6.45) is 1.54. The van der Waals surface area contributed by atoms with Crippen LogP contribution in [0.4, 0.5) is 11.5 Å². The zero-order valence-electron chi connectivity index (χ0n) is 15.5. The fraction of sp³-hybridized carbons (Fsp3) is 0.300. The van der Waals surface area contributed by atoms with Crippen molar-refractivity contribution in [1.29, 1.82) is 0 Å². The molecule has 142 valence electrons. The molecule has 2 aromatic rings. The van der Waals surface area contributed by atoms with Gasteiger partial charge in [0.1, 0.15) is 11.2 Å². The molecule has 0 bridgehead atoms. The van der Waals surface area contributed by atoms with Crippen molar-refractivity contribution in [3.8, 4) is 0 Å². The lowest BCUT2D eigenvalue weighted by atomic mass is 9.64. The van der Waals surface area contributed by atoms with Gasteiger partial charge in [0.15, 0.2) is 5.78 Å². The minimum atomic E-state index is -1.55. The molecule has 5 rings (SSSR count). The third-order valence-corrected chi connectivity index (χ3v) is 6.01. The van der Waals surface area contributed by atoms with E-state index in [1.807, 2.05) is 0 Å². The number of anilines is 2. The molecule has 1 unspecified atom stereocenters. The fourth-order valence-corrected chi connectivity index (χ4v) is 4.75. The van der Waals surface area contributed by atoms with Gasteiger partial charge in [0.2, 0.25) is 5.91 Å². The summed E-state index contributed by atoms with van der Waals surface area (Å²) < 4.78 is 2.31. The highest BCUT2D eigenvalue weighted by Crippen LogP contribution is 2.53. The maximum atomic E-state index is 13.5. The van der Waals surface area contributed by atoms with E-state index < -0.39 is 22.6 Å². The van der Waals surface area contributed by atoms with E-state index in [0.717, 1.165) is 4.57 Å². The van der Waals surface area contributed by atoms with Crippen molar-refractivity contribution in [2.24, 2.45) is 14.1 Å². The van der Waals surface area contributed by atoms with Gasteiger partial charge in [-0.15, -0.1) is 0 Å². The van der Waals surface area contributed by atoms with Crippen LogP contribution in [0.1, 0.15) is 30.4 Å². The monoisotopic (exact) mass is 378 g/mol. The summed E-state index contributed by atoms with van der Waals surface area (Å²) in [5, 5.41) is 5.98. The number of para-hydroxylation sites is 1. The van der Waals surface area contributed by atoms with Gasteiger partial charge in [-0.3, -0.25) is 23.5 Å². The van der Waals surface area contributed by atoms with Gasteiger partial charge in [0.25, 0.3) is 5.56 Å². The zero-order chi connectivity index (χ0) is 19.8. The maximum absolute atomic E-state index is 13.5. The first-order valence-corrected chi connectivity index (χ1v) is 9.14. The fourth-order valence-electron chi connectivity index (χ4n) is 4.75. The molecule has 8 nitrogen and oxygen atoms in total. The van der Waals surface area contributed by atoms with Crippen LogP contribution in [0.15, 0.2) is 45.1 Å². The van der Waals surface area contributed by atoms with Gasteiger partial charge in [-0.25, -0.2) is 4.79 Å². The lowest BCUT2D eigenvalue weighted by Crippen LogP contribution is -2.53. The number of benzene rings is 1. The molecule has 8 heteroatoms. The summed E-state index contributed by atoms with van der Waals surface area (Å²) in [4.78, 5) is 52.3. The van der Waals surface area contributed by atoms with Gasteiger partial charge in [0, 0.05) is 43.0 Å². The number of fused-ring (bicyclic) bond motifs is 5. The number of Topliss-reactive ketones (excluding diaryl/α,β-unsaturated/α-hetero) is 1. The number of amides is 1. The summed E-state index contributed by atoms with van der Waals surface area (Å²) in [5.41, 5.74) is -0.434. The van der Waals surface area contributed by atoms with Crippen molar-refractivity contribution in [2.45, 2.75) is 24.7 Å². The van der Waals surface area contributed by atoms with Crippen molar-refractivity contribution in [2.75, 3.05) is 10.6 Å². The summed E-state index contributed by atoms with van der Waals surface area (Å²) in [7, 11) is 2.93. The lowest BCUT2D eigenvalue weighted by Gasteiger charge is -2.39. The molecule has 0 saturated carbocycles. The zero-order valence-corrected chi connectivity index (χ0v) is 15.5. The smallest absolute Gasteiger partial charge is 0.332 e. The quantitative estimate of drug-likeness (QED) is 0.705. The van der Waals surface area contributed by atoms with Crippen molar-refractivity contribution in [3.05, 3.63) is 67.5 Å². The van der Waals surface area contributed by atoms with Crippen molar-refractivity contribution in [1.82, 2.24) is 9.13 Å². The number of carbonyl (C=O) groups excluding carboxylic acids is 2. The SMILES string of the molecule is Cn1c2c(c(=O)n(C)c1=O)C1(C(=O)Nc3ccccc31)C1=C(CCCC1=O)N2. The van der Waals surface area contributed by atoms with E-state index in [1.54, 1.807) is 31.3 Å². The third kappa shape index (κ3) is 1.75. The van der Waals surface area contributed by atoms with Crippen LogP contribution in [0.25, 0.3) is 0 Å². The normalized spacial score (nSPS) is 22.5. The minimum Gasteiger partial charge on any atom is -0.344 e. The van der Waals surface area contributed by atoms with E-state index >= 15 is 0 Å². The van der Waals surface area contributed by atoms with Gasteiger partial charge in [-0.1, -0.05) is 18.2 Å².